The van der Waals surface area contributed by atoms with Gasteiger partial charge in [-0.1, -0.05) is 39.3 Å². The number of imidazole rings is 1. The van der Waals surface area contributed by atoms with Crippen LogP contribution in [0, 0.1) is 0 Å². The highest BCUT2D eigenvalue weighted by atomic mass is 16.2. The van der Waals surface area contributed by atoms with Crippen molar-refractivity contribution in [2.24, 2.45) is 0 Å². The number of amides is 2. The first-order chi connectivity index (χ1) is 13.5. The van der Waals surface area contributed by atoms with Crippen LogP contribution in [-0.4, -0.2) is 27.9 Å². The lowest BCUT2D eigenvalue weighted by Gasteiger charge is -2.17. The molecule has 1 aliphatic heterocycles. The van der Waals surface area contributed by atoms with E-state index in [0.717, 1.165) is 50.0 Å². The number of fused-ring (bicyclic) bond motifs is 1. The molecule has 0 aliphatic carbocycles. The number of carbonyl (C=O) groups is 2. The van der Waals surface area contributed by atoms with Gasteiger partial charge in [-0.05, 0) is 49.3 Å². The van der Waals surface area contributed by atoms with Crippen molar-refractivity contribution in [1.82, 2.24) is 14.9 Å². The third-order valence-corrected chi connectivity index (χ3v) is 5.19. The molecule has 2 heterocycles. The molecule has 1 aromatic heterocycles. The van der Waals surface area contributed by atoms with Crippen LogP contribution in [0.1, 0.15) is 84.7 Å². The van der Waals surface area contributed by atoms with E-state index in [1.165, 1.54) is 5.56 Å². The lowest BCUT2D eigenvalue weighted by Crippen LogP contribution is -2.26. The highest BCUT2D eigenvalue weighted by molar-refractivity contribution is 6.03. The van der Waals surface area contributed by atoms with Crippen molar-refractivity contribution in [2.45, 2.75) is 65.3 Å². The van der Waals surface area contributed by atoms with Crippen LogP contribution in [0.5, 0.6) is 0 Å². The Balaban J connectivity index is 1.80. The Hall–Kier alpha value is -2.63. The largest absolute Gasteiger partial charge is 0.351 e. The number of carbonyl (C=O) groups excluding carboxylic acids is 2. The first-order valence-electron chi connectivity index (χ1n) is 10.3. The second-order valence-corrected chi connectivity index (χ2v) is 7.68. The summed E-state index contributed by atoms with van der Waals surface area (Å²) in [4.78, 5) is 29.9. The maximum Gasteiger partial charge on any atom is 0.291 e. The number of nitrogens with one attached hydrogen (secondary N) is 2. The minimum absolute atomic E-state index is 0.181. The zero-order chi connectivity index (χ0) is 20.1. The number of aromatic nitrogens is 2. The number of hydrogen-bond acceptors (Lipinski definition) is 3. The van der Waals surface area contributed by atoms with Gasteiger partial charge < -0.3 is 15.2 Å². The molecule has 2 amide bonds. The fraction of sp³-hybridized carbons (Fsp3) is 0.500. The van der Waals surface area contributed by atoms with E-state index in [1.807, 2.05) is 28.8 Å². The first kappa shape index (κ1) is 20.1. The molecule has 150 valence electrons. The van der Waals surface area contributed by atoms with Crippen LogP contribution in [0.25, 0.3) is 0 Å². The summed E-state index contributed by atoms with van der Waals surface area (Å²) in [6.07, 6.45) is 4.73. The molecule has 1 aromatic carbocycles. The molecule has 0 radical (unpaired) electrons. The van der Waals surface area contributed by atoms with Gasteiger partial charge >= 0.3 is 0 Å². The van der Waals surface area contributed by atoms with E-state index in [-0.39, 0.29) is 11.8 Å². The van der Waals surface area contributed by atoms with Crippen molar-refractivity contribution in [2.75, 3.05) is 11.9 Å². The standard InChI is InChI=1S/C22H30N4O2/c1-4-5-13-23-21(27)19-18-8-6-7-14-26(18)20(25-19)22(28)24-17-11-9-16(10-12-17)15(2)3/h9-12,15H,4-8,13-14H2,1-3H3,(H,23,27)(H,24,28). The fourth-order valence-electron chi connectivity index (χ4n) is 3.50. The summed E-state index contributed by atoms with van der Waals surface area (Å²) in [5.41, 5.74) is 3.23. The monoisotopic (exact) mass is 382 g/mol. The molecule has 6 nitrogen and oxygen atoms in total. The highest BCUT2D eigenvalue weighted by Crippen LogP contribution is 2.23. The van der Waals surface area contributed by atoms with Crippen molar-refractivity contribution in [3.05, 3.63) is 47.0 Å². The predicted molar refractivity (Wildman–Crippen MR) is 111 cm³/mol. The Morgan fingerprint density at radius 2 is 1.89 bits per heavy atom. The number of unbranched alkanes of at least 4 members (excludes halogenated alkanes) is 1. The van der Waals surface area contributed by atoms with Crippen LogP contribution in [-0.2, 0) is 13.0 Å². The van der Waals surface area contributed by atoms with E-state index in [1.54, 1.807) is 0 Å². The summed E-state index contributed by atoms with van der Waals surface area (Å²) < 4.78 is 1.91. The van der Waals surface area contributed by atoms with Crippen LogP contribution in [0.2, 0.25) is 0 Å². The Bertz CT molecular complexity index is 837. The van der Waals surface area contributed by atoms with Crippen molar-refractivity contribution in [3.8, 4) is 0 Å². The molecule has 0 saturated heterocycles. The van der Waals surface area contributed by atoms with Crippen molar-refractivity contribution in [3.63, 3.8) is 0 Å². The summed E-state index contributed by atoms with van der Waals surface area (Å²) in [7, 11) is 0. The van der Waals surface area contributed by atoms with Crippen LogP contribution >= 0.6 is 0 Å². The third kappa shape index (κ3) is 4.43. The maximum absolute atomic E-state index is 12.9. The topological polar surface area (TPSA) is 76.0 Å². The number of rotatable bonds is 7. The SMILES string of the molecule is CCCCNC(=O)c1nc(C(=O)Nc2ccc(C(C)C)cc2)n2c1CCCC2. The first-order valence-corrected chi connectivity index (χ1v) is 10.3. The molecule has 0 bridgehead atoms. The summed E-state index contributed by atoms with van der Waals surface area (Å²) in [6, 6.07) is 7.86. The van der Waals surface area contributed by atoms with Gasteiger partial charge in [0.2, 0.25) is 0 Å². The molecule has 3 rings (SSSR count). The molecule has 28 heavy (non-hydrogen) atoms. The van der Waals surface area contributed by atoms with E-state index in [9.17, 15) is 9.59 Å². The van der Waals surface area contributed by atoms with Gasteiger partial charge in [-0.25, -0.2) is 4.98 Å². The summed E-state index contributed by atoms with van der Waals surface area (Å²) in [6.45, 7) is 7.71. The maximum atomic E-state index is 12.9. The molecular weight excluding hydrogens is 352 g/mol. The molecule has 0 saturated carbocycles. The minimum Gasteiger partial charge on any atom is -0.351 e. The average molecular weight is 383 g/mol. The summed E-state index contributed by atoms with van der Waals surface area (Å²) >= 11 is 0. The smallest absolute Gasteiger partial charge is 0.291 e. The van der Waals surface area contributed by atoms with E-state index < -0.39 is 0 Å². The van der Waals surface area contributed by atoms with E-state index in [4.69, 9.17) is 0 Å². The lowest BCUT2D eigenvalue weighted by atomic mass is 10.0. The molecule has 1 aliphatic rings. The minimum atomic E-state index is -0.270. The molecule has 2 aromatic rings. The normalized spacial score (nSPS) is 13.3. The second-order valence-electron chi connectivity index (χ2n) is 7.68. The van der Waals surface area contributed by atoms with Crippen LogP contribution in [0.15, 0.2) is 24.3 Å². The number of anilines is 1. The predicted octanol–water partition coefficient (Wildman–Crippen LogP) is 4.13. The van der Waals surface area contributed by atoms with Gasteiger partial charge in [0.15, 0.2) is 5.82 Å². The molecule has 0 unspecified atom stereocenters. The molecule has 0 atom stereocenters. The quantitative estimate of drug-likeness (QED) is 0.707. The Morgan fingerprint density at radius 1 is 1.14 bits per heavy atom. The van der Waals surface area contributed by atoms with Crippen molar-refractivity contribution in [1.29, 1.82) is 0 Å². The third-order valence-electron chi connectivity index (χ3n) is 5.19. The number of hydrogen-bond donors (Lipinski definition) is 2. The molecule has 6 heteroatoms. The fourth-order valence-corrected chi connectivity index (χ4v) is 3.50. The number of benzene rings is 1. The van der Waals surface area contributed by atoms with Crippen LogP contribution in [0.4, 0.5) is 5.69 Å². The van der Waals surface area contributed by atoms with Gasteiger partial charge in [0, 0.05) is 18.8 Å². The molecule has 2 N–H and O–H groups in total. The number of nitrogens with zero attached hydrogens (tertiary/aromatic N) is 2. The van der Waals surface area contributed by atoms with Crippen molar-refractivity contribution >= 4 is 17.5 Å². The van der Waals surface area contributed by atoms with Gasteiger partial charge in [-0.2, -0.15) is 0 Å². The average Bonchev–Trinajstić information content (AvgIpc) is 3.08. The summed E-state index contributed by atoms with van der Waals surface area (Å²) in [5.74, 6) is 0.314. The van der Waals surface area contributed by atoms with E-state index in [0.29, 0.717) is 24.0 Å². The van der Waals surface area contributed by atoms with Gasteiger partial charge in [0.1, 0.15) is 5.69 Å². The van der Waals surface area contributed by atoms with E-state index >= 15 is 0 Å². The van der Waals surface area contributed by atoms with Gasteiger partial charge in [0.25, 0.3) is 11.8 Å². The molecular formula is C22H30N4O2. The van der Waals surface area contributed by atoms with Gasteiger partial charge in [0.05, 0.1) is 5.69 Å². The van der Waals surface area contributed by atoms with Crippen LogP contribution in [0.3, 0.4) is 0 Å². The zero-order valence-electron chi connectivity index (χ0n) is 17.0. The van der Waals surface area contributed by atoms with Gasteiger partial charge in [-0.3, -0.25) is 9.59 Å². The van der Waals surface area contributed by atoms with Crippen molar-refractivity contribution < 1.29 is 9.59 Å². The second kappa shape index (κ2) is 9.04. The zero-order valence-corrected chi connectivity index (χ0v) is 17.0. The Morgan fingerprint density at radius 3 is 2.57 bits per heavy atom. The Kier molecular flexibility index (Phi) is 6.49. The lowest BCUT2D eigenvalue weighted by molar-refractivity contribution is 0.0947. The molecule has 0 fully saturated rings. The van der Waals surface area contributed by atoms with Crippen LogP contribution < -0.4 is 10.6 Å². The Labute approximate surface area is 166 Å². The highest BCUT2D eigenvalue weighted by Gasteiger charge is 2.27. The van der Waals surface area contributed by atoms with E-state index in [2.05, 4.69) is 36.4 Å². The van der Waals surface area contributed by atoms with Gasteiger partial charge in [-0.15, -0.1) is 0 Å². The summed E-state index contributed by atoms with van der Waals surface area (Å²) in [5, 5.41) is 5.85. The molecule has 0 spiro atoms.